The van der Waals surface area contributed by atoms with Crippen molar-refractivity contribution >= 4 is 11.6 Å². The molecule has 0 N–H and O–H groups in total. The summed E-state index contributed by atoms with van der Waals surface area (Å²) >= 11 is 0. The normalized spacial score (nSPS) is 16.5. The van der Waals surface area contributed by atoms with E-state index in [0.29, 0.717) is 12.2 Å². The van der Waals surface area contributed by atoms with Crippen LogP contribution in [0.5, 0.6) is 0 Å². The van der Waals surface area contributed by atoms with Gasteiger partial charge < -0.3 is 13.9 Å². The average molecular weight is 357 g/mol. The molecule has 134 valence electrons. The quantitative estimate of drug-likeness (QED) is 0.554. The van der Waals surface area contributed by atoms with Gasteiger partial charge in [-0.25, -0.2) is 4.98 Å². The minimum atomic E-state index is -0.165. The molecule has 4 aromatic rings. The number of aryl methyl sites for hydroxylation is 1. The van der Waals surface area contributed by atoms with Crippen molar-refractivity contribution in [2.24, 2.45) is 0 Å². The molecule has 1 aliphatic heterocycles. The molecule has 1 atom stereocenters. The number of amides is 1. The maximum Gasteiger partial charge on any atom is 0.274 e. The molecule has 0 radical (unpaired) electrons. The van der Waals surface area contributed by atoms with Gasteiger partial charge in [-0.1, -0.05) is 12.1 Å². The predicted octanol–water partition coefficient (Wildman–Crippen LogP) is 3.08. The first-order valence-corrected chi connectivity index (χ1v) is 9.02. The number of imidazole rings is 1. The van der Waals surface area contributed by atoms with Crippen LogP contribution in [0.4, 0.5) is 0 Å². The molecule has 6 heteroatoms. The van der Waals surface area contributed by atoms with Gasteiger partial charge >= 0.3 is 0 Å². The molecule has 1 aliphatic rings. The van der Waals surface area contributed by atoms with E-state index in [2.05, 4.69) is 26.8 Å². The molecule has 4 aromatic heterocycles. The highest BCUT2D eigenvalue weighted by Crippen LogP contribution is 2.33. The molecular formula is C21H19N5O. The fourth-order valence-corrected chi connectivity index (χ4v) is 3.84. The van der Waals surface area contributed by atoms with E-state index >= 15 is 0 Å². The zero-order chi connectivity index (χ0) is 18.4. The van der Waals surface area contributed by atoms with Crippen LogP contribution in [0.3, 0.4) is 0 Å². The van der Waals surface area contributed by atoms with Crippen LogP contribution in [0.2, 0.25) is 0 Å². The number of pyridine rings is 2. The van der Waals surface area contributed by atoms with Gasteiger partial charge in [-0.2, -0.15) is 0 Å². The Kier molecular flexibility index (Phi) is 3.57. The van der Waals surface area contributed by atoms with Gasteiger partial charge in [-0.15, -0.1) is 0 Å². The Labute approximate surface area is 156 Å². The van der Waals surface area contributed by atoms with Crippen molar-refractivity contribution in [2.75, 3.05) is 6.54 Å². The van der Waals surface area contributed by atoms with Gasteiger partial charge in [0.1, 0.15) is 11.3 Å². The number of nitrogens with zero attached hydrogens (tertiary/aromatic N) is 5. The second-order valence-corrected chi connectivity index (χ2v) is 6.91. The molecule has 0 aliphatic carbocycles. The van der Waals surface area contributed by atoms with Crippen molar-refractivity contribution in [1.82, 2.24) is 23.8 Å². The van der Waals surface area contributed by atoms with E-state index in [1.165, 1.54) is 0 Å². The van der Waals surface area contributed by atoms with Gasteiger partial charge in [-0.05, 0) is 42.3 Å². The van der Waals surface area contributed by atoms with E-state index in [9.17, 15) is 4.79 Å². The number of rotatable bonds is 2. The Morgan fingerprint density at radius 2 is 2.04 bits per heavy atom. The van der Waals surface area contributed by atoms with Gasteiger partial charge in [0.2, 0.25) is 0 Å². The third-order valence-corrected chi connectivity index (χ3v) is 5.12. The van der Waals surface area contributed by atoms with Crippen LogP contribution in [0, 0.1) is 6.92 Å². The molecular weight excluding hydrogens is 338 g/mol. The maximum atomic E-state index is 13.4. The molecule has 0 fully saturated rings. The zero-order valence-electron chi connectivity index (χ0n) is 15.0. The number of hydrogen-bond acceptors (Lipinski definition) is 3. The number of fused-ring (bicyclic) bond motifs is 2. The smallest absolute Gasteiger partial charge is 0.274 e. The van der Waals surface area contributed by atoms with Crippen LogP contribution in [0.15, 0.2) is 67.4 Å². The minimum absolute atomic E-state index is 0.0577. The lowest BCUT2D eigenvalue weighted by molar-refractivity contribution is 0.0658. The number of carbonyl (C=O) groups is 1. The maximum absolute atomic E-state index is 13.4. The van der Waals surface area contributed by atoms with Gasteiger partial charge in [0.05, 0.1) is 6.04 Å². The highest BCUT2D eigenvalue weighted by molar-refractivity contribution is 5.93. The van der Waals surface area contributed by atoms with Crippen molar-refractivity contribution in [3.05, 3.63) is 89.9 Å². The van der Waals surface area contributed by atoms with Gasteiger partial charge in [0.15, 0.2) is 0 Å². The molecule has 5 rings (SSSR count). The van der Waals surface area contributed by atoms with Crippen molar-refractivity contribution in [1.29, 1.82) is 0 Å². The minimum Gasteiger partial charge on any atom is -0.348 e. The Morgan fingerprint density at radius 1 is 1.11 bits per heavy atom. The summed E-state index contributed by atoms with van der Waals surface area (Å²) in [4.78, 5) is 24.1. The Morgan fingerprint density at radius 3 is 2.89 bits per heavy atom. The highest BCUT2D eigenvalue weighted by atomic mass is 16.2. The summed E-state index contributed by atoms with van der Waals surface area (Å²) in [5.41, 5.74) is 4.48. The van der Waals surface area contributed by atoms with Crippen molar-refractivity contribution in [2.45, 2.75) is 19.5 Å². The summed E-state index contributed by atoms with van der Waals surface area (Å²) in [6, 6.07) is 11.8. The number of hydrogen-bond donors (Lipinski definition) is 0. The van der Waals surface area contributed by atoms with Crippen LogP contribution in [-0.4, -0.2) is 36.3 Å². The van der Waals surface area contributed by atoms with Gasteiger partial charge in [-0.3, -0.25) is 9.78 Å². The van der Waals surface area contributed by atoms with E-state index in [-0.39, 0.29) is 11.9 Å². The molecule has 0 unspecified atom stereocenters. The highest BCUT2D eigenvalue weighted by Gasteiger charge is 2.33. The lowest BCUT2D eigenvalue weighted by Gasteiger charge is -2.36. The molecule has 27 heavy (non-hydrogen) atoms. The monoisotopic (exact) mass is 357 g/mol. The number of aromatic nitrogens is 4. The molecule has 0 saturated heterocycles. The standard InChI is InChI=1S/C21H19N5O/c1-15-6-7-19-23-17(14-25(19)13-15)21(27)26-11-10-24-9-3-5-18(24)20(26)16-4-2-8-22-12-16/h2-9,12-14,20H,10-11H2,1H3/t20-/m1/s1. The lowest BCUT2D eigenvalue weighted by Crippen LogP contribution is -2.42. The molecule has 5 heterocycles. The fourth-order valence-electron chi connectivity index (χ4n) is 3.84. The first-order valence-electron chi connectivity index (χ1n) is 9.02. The summed E-state index contributed by atoms with van der Waals surface area (Å²) in [5, 5.41) is 0. The first kappa shape index (κ1) is 15.8. The van der Waals surface area contributed by atoms with Crippen LogP contribution >= 0.6 is 0 Å². The first-order chi connectivity index (χ1) is 13.2. The summed E-state index contributed by atoms with van der Waals surface area (Å²) in [6.07, 6.45) is 9.45. The van der Waals surface area contributed by atoms with Gasteiger partial charge in [0.25, 0.3) is 5.91 Å². The fraction of sp³-hybridized carbons (Fsp3) is 0.190. The van der Waals surface area contributed by atoms with E-state index in [0.717, 1.165) is 29.0 Å². The van der Waals surface area contributed by atoms with Crippen LogP contribution < -0.4 is 0 Å². The van der Waals surface area contributed by atoms with E-state index in [1.54, 1.807) is 6.20 Å². The predicted molar refractivity (Wildman–Crippen MR) is 101 cm³/mol. The topological polar surface area (TPSA) is 55.4 Å². The van der Waals surface area contributed by atoms with Crippen molar-refractivity contribution < 1.29 is 4.79 Å². The average Bonchev–Trinajstić information content (AvgIpc) is 3.33. The Bertz CT molecular complexity index is 1130. The summed E-state index contributed by atoms with van der Waals surface area (Å²) < 4.78 is 4.11. The summed E-state index contributed by atoms with van der Waals surface area (Å²) in [6.45, 7) is 3.43. The van der Waals surface area contributed by atoms with Crippen LogP contribution in [-0.2, 0) is 6.54 Å². The molecule has 0 bridgehead atoms. The summed E-state index contributed by atoms with van der Waals surface area (Å²) in [5.74, 6) is -0.0577. The van der Waals surface area contributed by atoms with E-state index in [1.807, 2.05) is 65.1 Å². The SMILES string of the molecule is Cc1ccc2nc(C(=O)N3CCn4cccc4[C@H]3c3cccnc3)cn2c1. The third kappa shape index (κ3) is 2.61. The second kappa shape index (κ2) is 6.09. The molecule has 0 spiro atoms. The number of carbonyl (C=O) groups excluding carboxylic acids is 1. The second-order valence-electron chi connectivity index (χ2n) is 6.91. The van der Waals surface area contributed by atoms with Gasteiger partial charge in [0, 0.05) is 49.8 Å². The van der Waals surface area contributed by atoms with Crippen molar-refractivity contribution in [3.8, 4) is 0 Å². The van der Waals surface area contributed by atoms with Crippen molar-refractivity contribution in [3.63, 3.8) is 0 Å². The lowest BCUT2D eigenvalue weighted by atomic mass is 10.0. The van der Waals surface area contributed by atoms with Crippen LogP contribution in [0.25, 0.3) is 5.65 Å². The van der Waals surface area contributed by atoms with E-state index in [4.69, 9.17) is 0 Å². The zero-order valence-corrected chi connectivity index (χ0v) is 15.0. The molecule has 0 aromatic carbocycles. The largest absolute Gasteiger partial charge is 0.348 e. The molecule has 1 amide bonds. The molecule has 6 nitrogen and oxygen atoms in total. The van der Waals surface area contributed by atoms with E-state index < -0.39 is 0 Å². The Hall–Kier alpha value is -3.41. The summed E-state index contributed by atoms with van der Waals surface area (Å²) in [7, 11) is 0. The third-order valence-electron chi connectivity index (χ3n) is 5.12. The Balaban J connectivity index is 1.58. The molecule has 0 saturated carbocycles. The van der Waals surface area contributed by atoms with Crippen LogP contribution in [0.1, 0.15) is 33.4 Å².